The maximum Gasteiger partial charge on any atom is 0.263 e. The van der Waals surface area contributed by atoms with E-state index in [0.29, 0.717) is 25.9 Å². The molecular weight excluding hydrogens is 304 g/mol. The number of nitriles is 1. The second kappa shape index (κ2) is 8.73. The van der Waals surface area contributed by atoms with Crippen LogP contribution < -0.4 is 10.6 Å². The average Bonchev–Trinajstić information content (AvgIpc) is 2.99. The first-order chi connectivity index (χ1) is 11.6. The van der Waals surface area contributed by atoms with Crippen molar-refractivity contribution in [2.75, 3.05) is 25.0 Å². The SMILES string of the molecule is Cc1ccccc1N/C=C(/C#N)C(=O)NCCCN1CCCC1=O. The fourth-order valence-electron chi connectivity index (χ4n) is 2.54. The summed E-state index contributed by atoms with van der Waals surface area (Å²) in [6.07, 6.45) is 3.64. The van der Waals surface area contributed by atoms with Crippen LogP contribution in [0.5, 0.6) is 0 Å². The summed E-state index contributed by atoms with van der Waals surface area (Å²) in [5, 5.41) is 14.8. The summed E-state index contributed by atoms with van der Waals surface area (Å²) in [6, 6.07) is 9.54. The first-order valence-corrected chi connectivity index (χ1v) is 8.10. The number of amides is 2. The molecule has 6 heteroatoms. The Morgan fingerprint density at radius 3 is 2.88 bits per heavy atom. The van der Waals surface area contributed by atoms with E-state index in [0.717, 1.165) is 24.2 Å². The van der Waals surface area contributed by atoms with E-state index in [1.54, 1.807) is 0 Å². The third-order valence-corrected chi connectivity index (χ3v) is 3.94. The third kappa shape index (κ3) is 4.85. The Kier molecular flexibility index (Phi) is 6.38. The molecule has 0 aromatic heterocycles. The number of rotatable bonds is 7. The molecule has 1 aliphatic rings. The minimum atomic E-state index is -0.411. The van der Waals surface area contributed by atoms with Gasteiger partial charge in [-0.1, -0.05) is 18.2 Å². The molecule has 24 heavy (non-hydrogen) atoms. The molecule has 2 N–H and O–H groups in total. The van der Waals surface area contributed by atoms with Crippen molar-refractivity contribution in [2.24, 2.45) is 0 Å². The normalized spacial score (nSPS) is 14.4. The number of carbonyl (C=O) groups is 2. The maximum absolute atomic E-state index is 12.0. The molecule has 1 heterocycles. The smallest absolute Gasteiger partial charge is 0.263 e. The van der Waals surface area contributed by atoms with Gasteiger partial charge in [0.1, 0.15) is 11.6 Å². The number of hydrogen-bond acceptors (Lipinski definition) is 4. The fraction of sp³-hybridized carbons (Fsp3) is 0.389. The van der Waals surface area contributed by atoms with Crippen molar-refractivity contribution in [1.82, 2.24) is 10.2 Å². The van der Waals surface area contributed by atoms with Gasteiger partial charge in [0.05, 0.1) is 0 Å². The molecule has 1 fully saturated rings. The van der Waals surface area contributed by atoms with Gasteiger partial charge in [-0.3, -0.25) is 9.59 Å². The third-order valence-electron chi connectivity index (χ3n) is 3.94. The molecule has 1 saturated heterocycles. The van der Waals surface area contributed by atoms with Gasteiger partial charge in [-0.05, 0) is 31.4 Å². The summed E-state index contributed by atoms with van der Waals surface area (Å²) in [4.78, 5) is 25.3. The van der Waals surface area contributed by atoms with Gasteiger partial charge in [0.15, 0.2) is 0 Å². The van der Waals surface area contributed by atoms with E-state index in [1.165, 1.54) is 6.20 Å². The van der Waals surface area contributed by atoms with E-state index in [-0.39, 0.29) is 11.5 Å². The van der Waals surface area contributed by atoms with Crippen molar-refractivity contribution in [3.63, 3.8) is 0 Å². The van der Waals surface area contributed by atoms with Gasteiger partial charge in [0.25, 0.3) is 5.91 Å². The number of anilines is 1. The predicted octanol–water partition coefficient (Wildman–Crippen LogP) is 1.94. The molecule has 0 unspecified atom stereocenters. The summed E-state index contributed by atoms with van der Waals surface area (Å²) in [5.74, 6) is -0.229. The molecule has 0 radical (unpaired) electrons. The van der Waals surface area contributed by atoms with Crippen LogP contribution in [0.3, 0.4) is 0 Å². The highest BCUT2D eigenvalue weighted by Crippen LogP contribution is 2.13. The van der Waals surface area contributed by atoms with Gasteiger partial charge in [-0.2, -0.15) is 5.26 Å². The lowest BCUT2D eigenvalue weighted by Crippen LogP contribution is -2.31. The average molecular weight is 326 g/mol. The molecule has 0 saturated carbocycles. The van der Waals surface area contributed by atoms with Crippen molar-refractivity contribution in [3.8, 4) is 6.07 Å². The molecule has 0 aliphatic carbocycles. The molecule has 0 atom stereocenters. The largest absolute Gasteiger partial charge is 0.360 e. The molecular formula is C18H22N4O2. The molecule has 1 aromatic carbocycles. The molecule has 2 rings (SSSR count). The summed E-state index contributed by atoms with van der Waals surface area (Å²) < 4.78 is 0. The Morgan fingerprint density at radius 2 is 2.21 bits per heavy atom. The van der Waals surface area contributed by atoms with Crippen LogP contribution in [-0.4, -0.2) is 36.3 Å². The Labute approximate surface area is 142 Å². The highest BCUT2D eigenvalue weighted by Gasteiger charge is 2.19. The van der Waals surface area contributed by atoms with Crippen LogP contribution in [0, 0.1) is 18.3 Å². The number of nitrogens with zero attached hydrogens (tertiary/aromatic N) is 2. The predicted molar refractivity (Wildman–Crippen MR) is 91.9 cm³/mol. The highest BCUT2D eigenvalue weighted by molar-refractivity contribution is 5.97. The molecule has 6 nitrogen and oxygen atoms in total. The monoisotopic (exact) mass is 326 g/mol. The molecule has 1 aromatic rings. The lowest BCUT2D eigenvalue weighted by Gasteiger charge is -2.15. The summed E-state index contributed by atoms with van der Waals surface area (Å²) in [7, 11) is 0. The van der Waals surface area contributed by atoms with E-state index >= 15 is 0 Å². The van der Waals surface area contributed by atoms with Crippen LogP contribution in [0.1, 0.15) is 24.8 Å². The van der Waals surface area contributed by atoms with Gasteiger partial charge >= 0.3 is 0 Å². The molecule has 1 aliphatic heterocycles. The van der Waals surface area contributed by atoms with Gasteiger partial charge in [0, 0.05) is 37.9 Å². The minimum Gasteiger partial charge on any atom is -0.360 e. The number of likely N-dealkylation sites (tertiary alicyclic amines) is 1. The van der Waals surface area contributed by atoms with Gasteiger partial charge in [0.2, 0.25) is 5.91 Å². The van der Waals surface area contributed by atoms with Gasteiger partial charge < -0.3 is 15.5 Å². The molecule has 0 spiro atoms. The fourth-order valence-corrected chi connectivity index (χ4v) is 2.54. The molecule has 0 bridgehead atoms. The maximum atomic E-state index is 12.0. The van der Waals surface area contributed by atoms with Crippen LogP contribution in [0.15, 0.2) is 36.0 Å². The lowest BCUT2D eigenvalue weighted by molar-refractivity contribution is -0.127. The van der Waals surface area contributed by atoms with E-state index in [4.69, 9.17) is 5.26 Å². The first kappa shape index (κ1) is 17.5. The standard InChI is InChI=1S/C18H22N4O2/c1-14-6-2-3-7-16(14)21-13-15(12-19)18(24)20-9-5-11-22-10-4-8-17(22)23/h2-3,6-7,13,21H,4-5,8-11H2,1H3,(H,20,24)/b15-13-. The van der Waals surface area contributed by atoms with Crippen LogP contribution in [0.4, 0.5) is 5.69 Å². The summed E-state index contributed by atoms with van der Waals surface area (Å²) in [6.45, 7) is 3.83. The van der Waals surface area contributed by atoms with Crippen molar-refractivity contribution in [1.29, 1.82) is 5.26 Å². The minimum absolute atomic E-state index is 0.0236. The van der Waals surface area contributed by atoms with Crippen molar-refractivity contribution < 1.29 is 9.59 Å². The van der Waals surface area contributed by atoms with Crippen molar-refractivity contribution in [3.05, 3.63) is 41.6 Å². The topological polar surface area (TPSA) is 85.2 Å². The number of nitrogens with one attached hydrogen (secondary N) is 2. The van der Waals surface area contributed by atoms with E-state index in [9.17, 15) is 9.59 Å². The zero-order valence-corrected chi connectivity index (χ0v) is 13.8. The van der Waals surface area contributed by atoms with E-state index < -0.39 is 5.91 Å². The molecule has 126 valence electrons. The second-order valence-corrected chi connectivity index (χ2v) is 5.72. The van der Waals surface area contributed by atoms with Crippen LogP contribution in [-0.2, 0) is 9.59 Å². The van der Waals surface area contributed by atoms with Gasteiger partial charge in [-0.15, -0.1) is 0 Å². The lowest BCUT2D eigenvalue weighted by atomic mass is 10.2. The number of hydrogen-bond donors (Lipinski definition) is 2. The number of aryl methyl sites for hydroxylation is 1. The van der Waals surface area contributed by atoms with E-state index in [1.807, 2.05) is 42.2 Å². The van der Waals surface area contributed by atoms with Crippen LogP contribution in [0.2, 0.25) is 0 Å². The van der Waals surface area contributed by atoms with Crippen molar-refractivity contribution >= 4 is 17.5 Å². The summed E-state index contributed by atoms with van der Waals surface area (Å²) >= 11 is 0. The Hall–Kier alpha value is -2.81. The molecule has 2 amide bonds. The Balaban J connectivity index is 1.78. The number of para-hydroxylation sites is 1. The first-order valence-electron chi connectivity index (χ1n) is 8.10. The Bertz CT molecular complexity index is 676. The zero-order valence-electron chi connectivity index (χ0n) is 13.8. The quantitative estimate of drug-likeness (QED) is 0.455. The van der Waals surface area contributed by atoms with Crippen LogP contribution in [0.25, 0.3) is 0 Å². The highest BCUT2D eigenvalue weighted by atomic mass is 16.2. The number of benzene rings is 1. The second-order valence-electron chi connectivity index (χ2n) is 5.72. The number of carbonyl (C=O) groups excluding carboxylic acids is 2. The van der Waals surface area contributed by atoms with E-state index in [2.05, 4.69) is 10.6 Å². The van der Waals surface area contributed by atoms with Crippen molar-refractivity contribution in [2.45, 2.75) is 26.2 Å². The Morgan fingerprint density at radius 1 is 1.42 bits per heavy atom. The van der Waals surface area contributed by atoms with Crippen LogP contribution >= 0.6 is 0 Å². The zero-order chi connectivity index (χ0) is 17.4. The van der Waals surface area contributed by atoms with Gasteiger partial charge in [-0.25, -0.2) is 0 Å². The summed E-state index contributed by atoms with van der Waals surface area (Å²) in [5.41, 5.74) is 1.91.